The lowest BCUT2D eigenvalue weighted by Crippen LogP contribution is -2.46. The topological polar surface area (TPSA) is 50.8 Å². The van der Waals surface area contributed by atoms with Crippen LogP contribution in [0.5, 0.6) is 5.75 Å². The zero-order valence-electron chi connectivity index (χ0n) is 18.4. The van der Waals surface area contributed by atoms with Gasteiger partial charge in [0.2, 0.25) is 0 Å². The van der Waals surface area contributed by atoms with Gasteiger partial charge in [-0.25, -0.2) is 15.2 Å². The van der Waals surface area contributed by atoms with E-state index in [1.807, 2.05) is 57.2 Å². The third-order valence-corrected chi connectivity index (χ3v) is 4.99. The van der Waals surface area contributed by atoms with E-state index < -0.39 is 5.60 Å². The third kappa shape index (κ3) is 5.98. The van der Waals surface area contributed by atoms with Crippen molar-refractivity contribution in [1.29, 1.82) is 0 Å². The number of benzene rings is 3. The smallest absolute Gasteiger partial charge is 0.425 e. The Bertz CT molecular complexity index is 1040. The SMILES string of the molecule is CC(C)(C)OC(=O)N(Cc1cc(OCc2ccccc2)c2ccccc2c1)NC1CC1. The molecule has 4 rings (SSSR count). The highest BCUT2D eigenvalue weighted by atomic mass is 16.6. The molecule has 5 heteroatoms. The molecule has 0 bridgehead atoms. The monoisotopic (exact) mass is 418 g/mol. The van der Waals surface area contributed by atoms with Crippen LogP contribution in [0, 0.1) is 0 Å². The highest BCUT2D eigenvalue weighted by Crippen LogP contribution is 2.29. The van der Waals surface area contributed by atoms with Crippen molar-refractivity contribution in [3.63, 3.8) is 0 Å². The Hall–Kier alpha value is -3.05. The first-order chi connectivity index (χ1) is 14.9. The largest absolute Gasteiger partial charge is 0.488 e. The predicted octanol–water partition coefficient (Wildman–Crippen LogP) is 5.82. The van der Waals surface area contributed by atoms with Gasteiger partial charge in [-0.2, -0.15) is 0 Å². The number of hydrogen-bond acceptors (Lipinski definition) is 4. The Kier molecular flexibility index (Phi) is 6.14. The summed E-state index contributed by atoms with van der Waals surface area (Å²) in [4.78, 5) is 12.8. The number of carbonyl (C=O) groups excluding carboxylic acids is 1. The highest BCUT2D eigenvalue weighted by molar-refractivity contribution is 5.89. The number of amides is 1. The molecule has 3 aromatic carbocycles. The molecule has 0 unspecified atom stereocenters. The van der Waals surface area contributed by atoms with Crippen LogP contribution < -0.4 is 10.2 Å². The zero-order chi connectivity index (χ0) is 21.8. The van der Waals surface area contributed by atoms with E-state index in [1.165, 1.54) is 0 Å². The van der Waals surface area contributed by atoms with Gasteiger partial charge in [0.1, 0.15) is 18.0 Å². The maximum atomic E-state index is 12.8. The fraction of sp³-hybridized carbons (Fsp3) is 0.346. The molecule has 162 valence electrons. The standard InChI is InChI=1S/C26H30N2O3/c1-26(2,3)31-25(29)28(27-22-13-14-22)17-20-15-21-11-7-8-12-23(21)24(16-20)30-18-19-9-5-4-6-10-19/h4-12,15-16,22,27H,13-14,17-18H2,1-3H3. The van der Waals surface area contributed by atoms with Gasteiger partial charge in [-0.1, -0.05) is 54.6 Å². The molecule has 31 heavy (non-hydrogen) atoms. The fourth-order valence-electron chi connectivity index (χ4n) is 3.38. The number of nitrogens with one attached hydrogen (secondary N) is 1. The lowest BCUT2D eigenvalue weighted by molar-refractivity contribution is 0.0107. The summed E-state index contributed by atoms with van der Waals surface area (Å²) in [6.45, 7) is 6.53. The Morgan fingerprint density at radius 1 is 1.00 bits per heavy atom. The van der Waals surface area contributed by atoms with Crippen molar-refractivity contribution in [2.24, 2.45) is 0 Å². The number of hydrazine groups is 1. The summed E-state index contributed by atoms with van der Waals surface area (Å²) < 4.78 is 11.8. The molecular formula is C26H30N2O3. The van der Waals surface area contributed by atoms with E-state index in [0.717, 1.165) is 40.5 Å². The van der Waals surface area contributed by atoms with E-state index in [-0.39, 0.29) is 6.09 Å². The van der Waals surface area contributed by atoms with Crippen LogP contribution in [0.4, 0.5) is 4.79 Å². The number of hydrogen-bond donors (Lipinski definition) is 1. The van der Waals surface area contributed by atoms with Crippen LogP contribution in [0.1, 0.15) is 44.7 Å². The van der Waals surface area contributed by atoms with Gasteiger partial charge in [-0.15, -0.1) is 0 Å². The minimum Gasteiger partial charge on any atom is -0.488 e. The molecule has 1 saturated carbocycles. The van der Waals surface area contributed by atoms with Crippen LogP contribution in [-0.4, -0.2) is 22.7 Å². The van der Waals surface area contributed by atoms with Crippen LogP contribution >= 0.6 is 0 Å². The van der Waals surface area contributed by atoms with Gasteiger partial charge in [0.25, 0.3) is 0 Å². The van der Waals surface area contributed by atoms with Gasteiger partial charge in [0, 0.05) is 11.4 Å². The Labute approximate surface area is 183 Å². The van der Waals surface area contributed by atoms with Crippen LogP contribution in [-0.2, 0) is 17.9 Å². The molecule has 1 aliphatic rings. The molecule has 1 fully saturated rings. The summed E-state index contributed by atoms with van der Waals surface area (Å²) in [6, 6.07) is 22.7. The number of carbonyl (C=O) groups is 1. The first-order valence-electron chi connectivity index (χ1n) is 10.8. The molecule has 0 saturated heterocycles. The molecule has 1 N–H and O–H groups in total. The van der Waals surface area contributed by atoms with Crippen LogP contribution in [0.25, 0.3) is 10.8 Å². The second-order valence-electron chi connectivity index (χ2n) is 9.06. The highest BCUT2D eigenvalue weighted by Gasteiger charge is 2.29. The number of fused-ring (bicyclic) bond motifs is 1. The lowest BCUT2D eigenvalue weighted by Gasteiger charge is -2.28. The van der Waals surface area contributed by atoms with E-state index in [1.54, 1.807) is 5.01 Å². The lowest BCUT2D eigenvalue weighted by atomic mass is 10.1. The number of rotatable bonds is 7. The van der Waals surface area contributed by atoms with Crippen LogP contribution in [0.3, 0.4) is 0 Å². The normalized spacial score (nSPS) is 13.8. The summed E-state index contributed by atoms with van der Waals surface area (Å²) in [5.74, 6) is 0.813. The summed E-state index contributed by atoms with van der Waals surface area (Å²) >= 11 is 0. The van der Waals surface area contributed by atoms with Gasteiger partial charge >= 0.3 is 6.09 Å². The quantitative estimate of drug-likeness (QED) is 0.491. The number of ether oxygens (including phenoxy) is 2. The summed E-state index contributed by atoms with van der Waals surface area (Å²) in [7, 11) is 0. The van der Waals surface area contributed by atoms with Crippen molar-refractivity contribution < 1.29 is 14.3 Å². The molecule has 3 aromatic rings. The minimum absolute atomic E-state index is 0.335. The van der Waals surface area contributed by atoms with Gasteiger partial charge in [-0.3, -0.25) is 0 Å². The molecular weight excluding hydrogens is 388 g/mol. The minimum atomic E-state index is -0.548. The van der Waals surface area contributed by atoms with Crippen LogP contribution in [0.2, 0.25) is 0 Å². The van der Waals surface area contributed by atoms with Gasteiger partial charge in [0.15, 0.2) is 0 Å². The van der Waals surface area contributed by atoms with Crippen molar-refractivity contribution in [2.45, 2.75) is 58.4 Å². The molecule has 1 amide bonds. The molecule has 0 radical (unpaired) electrons. The Morgan fingerprint density at radius 2 is 1.71 bits per heavy atom. The van der Waals surface area contributed by atoms with E-state index in [4.69, 9.17) is 9.47 Å². The summed E-state index contributed by atoms with van der Waals surface area (Å²) in [6.07, 6.45) is 1.78. The second-order valence-corrected chi connectivity index (χ2v) is 9.06. The molecule has 1 aliphatic carbocycles. The summed E-state index contributed by atoms with van der Waals surface area (Å²) in [5.41, 5.74) is 4.86. The zero-order valence-corrected chi connectivity index (χ0v) is 18.4. The first kappa shape index (κ1) is 21.2. The van der Waals surface area contributed by atoms with Crippen molar-refractivity contribution in [1.82, 2.24) is 10.4 Å². The summed E-state index contributed by atoms with van der Waals surface area (Å²) in [5, 5.41) is 3.73. The second kappa shape index (κ2) is 8.98. The van der Waals surface area contributed by atoms with Gasteiger partial charge < -0.3 is 9.47 Å². The van der Waals surface area contributed by atoms with Crippen molar-refractivity contribution in [2.75, 3.05) is 0 Å². The molecule has 0 atom stereocenters. The van der Waals surface area contributed by atoms with Gasteiger partial charge in [0.05, 0.1) is 6.54 Å². The average molecular weight is 419 g/mol. The van der Waals surface area contributed by atoms with Crippen molar-refractivity contribution >= 4 is 16.9 Å². The van der Waals surface area contributed by atoms with Crippen molar-refractivity contribution in [3.8, 4) is 5.75 Å². The number of nitrogens with zero attached hydrogens (tertiary/aromatic N) is 1. The first-order valence-corrected chi connectivity index (χ1v) is 10.8. The predicted molar refractivity (Wildman–Crippen MR) is 123 cm³/mol. The van der Waals surface area contributed by atoms with Gasteiger partial charge in [-0.05, 0) is 62.3 Å². The van der Waals surface area contributed by atoms with E-state index in [9.17, 15) is 4.79 Å². The molecule has 0 heterocycles. The van der Waals surface area contributed by atoms with E-state index in [0.29, 0.717) is 19.2 Å². The molecule has 0 aromatic heterocycles. The van der Waals surface area contributed by atoms with Crippen molar-refractivity contribution in [3.05, 3.63) is 77.9 Å². The maximum Gasteiger partial charge on any atom is 0.425 e. The molecule has 0 aliphatic heterocycles. The Morgan fingerprint density at radius 3 is 2.42 bits per heavy atom. The fourth-order valence-corrected chi connectivity index (χ4v) is 3.38. The van der Waals surface area contributed by atoms with Crippen LogP contribution in [0.15, 0.2) is 66.7 Å². The average Bonchev–Trinajstić information content (AvgIpc) is 3.55. The Balaban J connectivity index is 1.58. The molecule has 0 spiro atoms. The third-order valence-electron chi connectivity index (χ3n) is 4.99. The van der Waals surface area contributed by atoms with E-state index in [2.05, 4.69) is 35.8 Å². The molecule has 5 nitrogen and oxygen atoms in total. The van der Waals surface area contributed by atoms with E-state index >= 15 is 0 Å². The maximum absolute atomic E-state index is 12.8.